The number of aromatic nitrogens is 2. The number of nitrogens with zero attached hydrogens (tertiary/aromatic N) is 2. The molecule has 0 spiro atoms. The molecule has 0 amide bonds. The fraction of sp³-hybridized carbons (Fsp3) is 0. The number of fused-ring (bicyclic) bond motifs is 3. The molecule has 0 N–H and O–H groups in total. The highest BCUT2D eigenvalue weighted by Crippen LogP contribution is 2.43. The van der Waals surface area contributed by atoms with E-state index in [1.807, 2.05) is 30.3 Å². The van der Waals surface area contributed by atoms with Gasteiger partial charge in [-0.1, -0.05) is 188 Å². The van der Waals surface area contributed by atoms with Gasteiger partial charge in [-0.2, -0.15) is 0 Å². The van der Waals surface area contributed by atoms with Crippen LogP contribution in [-0.4, -0.2) is 9.97 Å². The number of para-hydroxylation sites is 2. The standard InChI is InChI=1S/C58H38N2O/c1-6-18-39(19-7-1)49-28-16-30-51-52-31-17-29-50(58(52)61-57(49)51)48-33-44(46-35-53(40-20-8-2-9-21-40)59-54(36-46)41-22-10-3-11-23-41)32-45(34-48)47-37-55(42-24-12-4-13-25-42)60-56(38-47)43-26-14-5-15-27-43/h1-38H. The topological polar surface area (TPSA) is 38.9 Å². The zero-order valence-electron chi connectivity index (χ0n) is 33.2. The summed E-state index contributed by atoms with van der Waals surface area (Å²) >= 11 is 0. The van der Waals surface area contributed by atoms with Gasteiger partial charge in [0.25, 0.3) is 0 Å². The van der Waals surface area contributed by atoms with Crippen LogP contribution in [0.3, 0.4) is 0 Å². The Bertz CT molecular complexity index is 3060. The maximum absolute atomic E-state index is 7.00. The minimum Gasteiger partial charge on any atom is -0.455 e. The van der Waals surface area contributed by atoms with Crippen molar-refractivity contribution in [2.24, 2.45) is 0 Å². The van der Waals surface area contributed by atoms with Crippen LogP contribution in [-0.2, 0) is 0 Å². The van der Waals surface area contributed by atoms with Gasteiger partial charge in [0.1, 0.15) is 11.2 Å². The molecule has 0 atom stereocenters. The normalized spacial score (nSPS) is 11.3. The average Bonchev–Trinajstić information content (AvgIpc) is 3.74. The average molecular weight is 779 g/mol. The molecule has 0 radical (unpaired) electrons. The molecule has 286 valence electrons. The number of hydrogen-bond donors (Lipinski definition) is 0. The summed E-state index contributed by atoms with van der Waals surface area (Å²) < 4.78 is 7.00. The Morgan fingerprint density at radius 1 is 0.230 bits per heavy atom. The van der Waals surface area contributed by atoms with Crippen LogP contribution in [0.5, 0.6) is 0 Å². The predicted molar refractivity (Wildman–Crippen MR) is 253 cm³/mol. The summed E-state index contributed by atoms with van der Waals surface area (Å²) in [7, 11) is 0. The highest BCUT2D eigenvalue weighted by atomic mass is 16.3. The van der Waals surface area contributed by atoms with E-state index in [1.165, 1.54) is 0 Å². The maximum Gasteiger partial charge on any atom is 0.143 e. The smallest absolute Gasteiger partial charge is 0.143 e. The molecule has 8 aromatic carbocycles. The molecule has 3 aromatic heterocycles. The molecule has 0 saturated carbocycles. The molecule has 61 heavy (non-hydrogen) atoms. The summed E-state index contributed by atoms with van der Waals surface area (Å²) in [6.45, 7) is 0. The van der Waals surface area contributed by atoms with Gasteiger partial charge in [-0.05, 0) is 75.8 Å². The quantitative estimate of drug-likeness (QED) is 0.154. The highest BCUT2D eigenvalue weighted by Gasteiger charge is 2.19. The van der Waals surface area contributed by atoms with E-state index in [0.29, 0.717) is 0 Å². The molecule has 0 saturated heterocycles. The third-order valence-electron chi connectivity index (χ3n) is 11.4. The van der Waals surface area contributed by atoms with Crippen molar-refractivity contribution >= 4 is 21.9 Å². The van der Waals surface area contributed by atoms with Crippen molar-refractivity contribution in [3.63, 3.8) is 0 Å². The fourth-order valence-electron chi connectivity index (χ4n) is 8.43. The first-order valence-corrected chi connectivity index (χ1v) is 20.6. The molecule has 3 nitrogen and oxygen atoms in total. The molecule has 0 aliphatic carbocycles. The summed E-state index contributed by atoms with van der Waals surface area (Å²) in [5.41, 5.74) is 18.2. The Balaban J connectivity index is 1.18. The van der Waals surface area contributed by atoms with E-state index in [1.54, 1.807) is 0 Å². The van der Waals surface area contributed by atoms with Crippen LogP contribution in [0.4, 0.5) is 0 Å². The molecule has 0 aliphatic rings. The fourth-order valence-corrected chi connectivity index (χ4v) is 8.43. The van der Waals surface area contributed by atoms with Gasteiger partial charge in [-0.3, -0.25) is 0 Å². The molecule has 11 aromatic rings. The zero-order valence-corrected chi connectivity index (χ0v) is 33.2. The van der Waals surface area contributed by atoms with Gasteiger partial charge in [-0.15, -0.1) is 0 Å². The lowest BCUT2D eigenvalue weighted by atomic mass is 9.91. The first-order valence-electron chi connectivity index (χ1n) is 20.6. The first-order chi connectivity index (χ1) is 30.2. The van der Waals surface area contributed by atoms with Crippen molar-refractivity contribution < 1.29 is 4.42 Å². The minimum atomic E-state index is 0.860. The predicted octanol–water partition coefficient (Wildman–Crippen LogP) is 15.7. The maximum atomic E-state index is 7.00. The van der Waals surface area contributed by atoms with Gasteiger partial charge in [0.2, 0.25) is 0 Å². The number of pyridine rings is 2. The second-order valence-electron chi connectivity index (χ2n) is 15.3. The van der Waals surface area contributed by atoms with E-state index in [4.69, 9.17) is 14.4 Å². The largest absolute Gasteiger partial charge is 0.455 e. The lowest BCUT2D eigenvalue weighted by Gasteiger charge is -2.15. The van der Waals surface area contributed by atoms with E-state index in [-0.39, 0.29) is 0 Å². The Labute approximate surface area is 354 Å². The number of furan rings is 1. The van der Waals surface area contributed by atoms with Crippen LogP contribution in [0, 0.1) is 0 Å². The van der Waals surface area contributed by atoms with Crippen molar-refractivity contribution in [2.75, 3.05) is 0 Å². The van der Waals surface area contributed by atoms with Gasteiger partial charge in [0.15, 0.2) is 0 Å². The van der Waals surface area contributed by atoms with Crippen molar-refractivity contribution in [1.82, 2.24) is 9.97 Å². The molecule has 3 heteroatoms. The van der Waals surface area contributed by atoms with E-state index in [9.17, 15) is 0 Å². The Morgan fingerprint density at radius 2 is 0.525 bits per heavy atom. The molecule has 11 rings (SSSR count). The van der Waals surface area contributed by atoms with Gasteiger partial charge < -0.3 is 4.42 Å². The molecular formula is C58H38N2O. The highest BCUT2D eigenvalue weighted by molar-refractivity contribution is 6.13. The van der Waals surface area contributed by atoms with Crippen LogP contribution in [0.2, 0.25) is 0 Å². The second kappa shape index (κ2) is 15.6. The van der Waals surface area contributed by atoms with E-state index >= 15 is 0 Å². The van der Waals surface area contributed by atoms with Crippen molar-refractivity contribution in [3.8, 4) is 89.5 Å². The van der Waals surface area contributed by atoms with Gasteiger partial charge in [0.05, 0.1) is 22.8 Å². The molecule has 0 aliphatic heterocycles. The molecular weight excluding hydrogens is 741 g/mol. The molecule has 3 heterocycles. The van der Waals surface area contributed by atoms with Crippen molar-refractivity contribution in [1.29, 1.82) is 0 Å². The number of benzene rings is 8. The molecule has 0 fully saturated rings. The Hall–Kier alpha value is -8.14. The van der Waals surface area contributed by atoms with Crippen LogP contribution in [0.1, 0.15) is 0 Å². The zero-order chi connectivity index (χ0) is 40.5. The number of rotatable bonds is 8. The SMILES string of the molecule is c1ccc(-c2cc(-c3cc(-c4cc(-c5ccccc5)nc(-c5ccccc5)c4)cc(-c4cccc5c4oc4c(-c6ccccc6)cccc45)c3)cc(-c3ccccc3)n2)cc1. The summed E-state index contributed by atoms with van der Waals surface area (Å²) in [6, 6.07) is 81.0. The Kier molecular flexibility index (Phi) is 9.18. The molecule has 0 unspecified atom stereocenters. The molecule has 0 bridgehead atoms. The van der Waals surface area contributed by atoms with E-state index < -0.39 is 0 Å². The van der Waals surface area contributed by atoms with Gasteiger partial charge >= 0.3 is 0 Å². The third-order valence-corrected chi connectivity index (χ3v) is 11.4. The second-order valence-corrected chi connectivity index (χ2v) is 15.3. The van der Waals surface area contributed by atoms with Gasteiger partial charge in [0, 0.05) is 44.2 Å². The van der Waals surface area contributed by atoms with Crippen LogP contribution < -0.4 is 0 Å². The third kappa shape index (κ3) is 6.98. The Morgan fingerprint density at radius 3 is 0.885 bits per heavy atom. The van der Waals surface area contributed by atoms with Crippen LogP contribution >= 0.6 is 0 Å². The van der Waals surface area contributed by atoms with E-state index in [2.05, 4.69) is 200 Å². The lowest BCUT2D eigenvalue weighted by Crippen LogP contribution is -1.94. The van der Waals surface area contributed by atoms with Crippen LogP contribution in [0.15, 0.2) is 235 Å². The first kappa shape index (κ1) is 36.0. The minimum absolute atomic E-state index is 0.860. The summed E-state index contributed by atoms with van der Waals surface area (Å²) in [5, 5.41) is 2.18. The summed E-state index contributed by atoms with van der Waals surface area (Å²) in [4.78, 5) is 10.5. The lowest BCUT2D eigenvalue weighted by molar-refractivity contribution is 0.671. The van der Waals surface area contributed by atoms with Gasteiger partial charge in [-0.25, -0.2) is 9.97 Å². The monoisotopic (exact) mass is 778 g/mol. The van der Waals surface area contributed by atoms with Crippen molar-refractivity contribution in [2.45, 2.75) is 0 Å². The van der Waals surface area contributed by atoms with Crippen molar-refractivity contribution in [3.05, 3.63) is 231 Å². The van der Waals surface area contributed by atoms with Crippen LogP contribution in [0.25, 0.3) is 111 Å². The van der Waals surface area contributed by atoms with E-state index in [0.717, 1.165) is 111 Å². The summed E-state index contributed by atoms with van der Waals surface area (Å²) in [5.74, 6) is 0. The number of hydrogen-bond acceptors (Lipinski definition) is 3. The summed E-state index contributed by atoms with van der Waals surface area (Å²) in [6.07, 6.45) is 0.